The maximum absolute atomic E-state index is 13.9. The van der Waals surface area contributed by atoms with E-state index in [2.05, 4.69) is 34.3 Å². The smallest absolute Gasteiger partial charge is 0.415 e. The number of amides is 3. The van der Waals surface area contributed by atoms with Gasteiger partial charge in [-0.05, 0) is 124 Å². The van der Waals surface area contributed by atoms with E-state index in [0.717, 1.165) is 44.3 Å². The van der Waals surface area contributed by atoms with E-state index in [1.165, 1.54) is 44.0 Å². The number of fused-ring (bicyclic) bond motifs is 6. The summed E-state index contributed by atoms with van der Waals surface area (Å²) in [6, 6.07) is 10.6. The van der Waals surface area contributed by atoms with Crippen LogP contribution in [-0.2, 0) is 54.1 Å². The van der Waals surface area contributed by atoms with Crippen LogP contribution in [0.15, 0.2) is 63.7 Å². The van der Waals surface area contributed by atoms with Gasteiger partial charge in [0.1, 0.15) is 52.1 Å². The number of nitrogens with one attached hydrogen (secondary N) is 1. The third kappa shape index (κ3) is 14.7. The SMILES string of the molecule is CC1=C(C)C(=O)C(C(C)(C)CC(=O)N(C)CCN(CCOCCOCCC(=O)NCCCOc2ccc3c(c2)CC[C@@H]2[C@@H]3CC[C@]3(C)[C@@H](OC4O[C@@H](C5O[C@@H]5O)C(O)[C@@H](O)[C@@H]4O)CC[C@@H]23)C(=O)Oc2ccc3nc(C4=NC(C(=O)O)CS4)sc3c2)=C(C)C1=O. The number of aliphatic imine (C=N–C) groups is 1. The third-order valence-corrected chi connectivity index (χ3v) is 21.3. The van der Waals surface area contributed by atoms with Gasteiger partial charge >= 0.3 is 12.1 Å². The summed E-state index contributed by atoms with van der Waals surface area (Å²) in [6.07, 6.45) is -2.93. The predicted octanol–water partition coefficient (Wildman–Crippen LogP) is 5.50. The highest BCUT2D eigenvalue weighted by Crippen LogP contribution is 2.62. The number of thiazole rings is 1. The summed E-state index contributed by atoms with van der Waals surface area (Å²) in [5.41, 5.74) is 3.60. The number of aliphatic hydroxyl groups is 4. The molecule has 3 amide bonds. The second-order valence-electron chi connectivity index (χ2n) is 25.4. The molecule has 10 rings (SSSR count). The second-order valence-corrected chi connectivity index (χ2v) is 27.4. The van der Waals surface area contributed by atoms with Gasteiger partial charge in [-0.15, -0.1) is 23.1 Å². The molecule has 2 saturated heterocycles. The lowest BCUT2D eigenvalue weighted by Gasteiger charge is -2.51. The van der Waals surface area contributed by atoms with Crippen LogP contribution >= 0.6 is 23.1 Å². The molecule has 484 valence electrons. The fraction of sp³-hybridized carbons (Fsp3) is 0.625. The number of hydrogen-bond acceptors (Lipinski definition) is 21. The van der Waals surface area contributed by atoms with E-state index in [1.54, 1.807) is 59.9 Å². The van der Waals surface area contributed by atoms with Crippen molar-refractivity contribution in [1.82, 2.24) is 20.1 Å². The van der Waals surface area contributed by atoms with Crippen molar-refractivity contribution in [3.8, 4) is 11.5 Å². The molecule has 4 unspecified atom stereocenters. The molecule has 25 heteroatoms. The molecule has 0 bridgehead atoms. The topological polar surface area (TPSA) is 315 Å². The quantitative estimate of drug-likeness (QED) is 0.0328. The van der Waals surface area contributed by atoms with Crippen LogP contribution in [0.4, 0.5) is 4.79 Å². The van der Waals surface area contributed by atoms with Crippen LogP contribution in [0.3, 0.4) is 0 Å². The van der Waals surface area contributed by atoms with Crippen LogP contribution in [0.2, 0.25) is 0 Å². The van der Waals surface area contributed by atoms with E-state index < -0.39 is 66.6 Å². The van der Waals surface area contributed by atoms with Crippen LogP contribution < -0.4 is 14.8 Å². The largest absolute Gasteiger partial charge is 0.494 e. The monoisotopic (exact) mass is 1270 g/mol. The number of thioether (sulfide) groups is 1. The van der Waals surface area contributed by atoms with Gasteiger partial charge in [0.2, 0.25) is 11.8 Å². The Morgan fingerprint density at radius 2 is 1.57 bits per heavy atom. The Morgan fingerprint density at radius 1 is 0.831 bits per heavy atom. The molecule has 6 N–H and O–H groups in total. The average molecular weight is 1270 g/mol. The van der Waals surface area contributed by atoms with Gasteiger partial charge in [-0.3, -0.25) is 24.2 Å². The third-order valence-electron chi connectivity index (χ3n) is 19.1. The van der Waals surface area contributed by atoms with Gasteiger partial charge in [0.25, 0.3) is 0 Å². The van der Waals surface area contributed by atoms with Crippen molar-refractivity contribution < 1.29 is 87.5 Å². The number of carbonyl (C=O) groups excluding carboxylic acids is 5. The maximum Gasteiger partial charge on any atom is 0.415 e. The Balaban J connectivity index is 0.635. The molecule has 13 atom stereocenters. The van der Waals surface area contributed by atoms with Crippen LogP contribution in [0.5, 0.6) is 11.5 Å². The number of carboxylic acid groups (broad SMARTS) is 1. The van der Waals surface area contributed by atoms with E-state index in [1.807, 2.05) is 6.07 Å². The van der Waals surface area contributed by atoms with Gasteiger partial charge in [0.15, 0.2) is 30.2 Å². The first-order chi connectivity index (χ1) is 42.4. The highest BCUT2D eigenvalue weighted by atomic mass is 32.2. The number of Topliss-reactive ketones (excluding diaryl/α,β-unsaturated/α-hetero) is 2. The molecule has 7 aliphatic rings. The summed E-state index contributed by atoms with van der Waals surface area (Å²) in [4.78, 5) is 90.0. The van der Waals surface area contributed by atoms with Crippen molar-refractivity contribution in [2.75, 3.05) is 72.0 Å². The van der Waals surface area contributed by atoms with Crippen molar-refractivity contribution >= 4 is 73.8 Å². The van der Waals surface area contributed by atoms with E-state index in [4.69, 9.17) is 33.2 Å². The number of aliphatic carboxylic acids is 1. The number of ketones is 2. The number of rotatable bonds is 26. The number of nitrogens with zero attached hydrogens (tertiary/aromatic N) is 4. The lowest BCUT2D eigenvalue weighted by molar-refractivity contribution is -0.318. The maximum atomic E-state index is 13.9. The van der Waals surface area contributed by atoms with E-state index in [0.29, 0.717) is 85.6 Å². The predicted molar refractivity (Wildman–Crippen MR) is 328 cm³/mol. The van der Waals surface area contributed by atoms with E-state index in [-0.39, 0.29) is 99.6 Å². The Hall–Kier alpha value is -5.71. The van der Waals surface area contributed by atoms with Gasteiger partial charge in [0, 0.05) is 85.6 Å². The minimum absolute atomic E-state index is 0.0605. The van der Waals surface area contributed by atoms with Crippen molar-refractivity contribution in [3.05, 3.63) is 74.8 Å². The van der Waals surface area contributed by atoms with Gasteiger partial charge in [-0.2, -0.15) is 0 Å². The molecular formula is C64H83N5O18S2. The summed E-state index contributed by atoms with van der Waals surface area (Å²) in [6.45, 7) is 12.4. The summed E-state index contributed by atoms with van der Waals surface area (Å²) in [5.74, 6) is 0.726. The molecule has 3 aliphatic heterocycles. The fourth-order valence-electron chi connectivity index (χ4n) is 13.9. The minimum atomic E-state index is -1.49. The molecule has 2 aromatic carbocycles. The Kier molecular flexibility index (Phi) is 20.9. The van der Waals surface area contributed by atoms with Gasteiger partial charge in [-0.1, -0.05) is 26.8 Å². The summed E-state index contributed by atoms with van der Waals surface area (Å²) in [7, 11) is 1.61. The molecule has 3 aromatic rings. The number of aromatic nitrogens is 1. The second kappa shape index (κ2) is 28.0. The zero-order chi connectivity index (χ0) is 63.6. The van der Waals surface area contributed by atoms with Crippen LogP contribution in [0.1, 0.15) is 115 Å². The molecule has 4 heterocycles. The molecule has 0 spiro atoms. The van der Waals surface area contributed by atoms with Crippen LogP contribution in [0.25, 0.3) is 10.2 Å². The number of hydrogen-bond donors (Lipinski definition) is 6. The number of carbonyl (C=O) groups is 6. The van der Waals surface area contributed by atoms with Crippen molar-refractivity contribution in [3.63, 3.8) is 0 Å². The number of ether oxygens (including phenoxy) is 7. The normalized spacial score (nSPS) is 29.1. The summed E-state index contributed by atoms with van der Waals surface area (Å²) >= 11 is 2.63. The molecule has 4 fully saturated rings. The number of allylic oxidation sites excluding steroid dienone is 4. The standard InChI is InChI=1S/C64H83N5O18S2/c1-33-34(2)51(73)49(35(3)50(33)72)63(4,5)31-48(71)68(7)21-22-69(62(80)84-38-11-15-43-45(30-38)89-58(66-43)57-67-44(32-88-57)59(77)78)23-26-82-28-27-81-25-18-47(70)65-20-8-24-83-37-10-13-39-36(29-37)9-12-41-40(39)17-19-64(6)42(41)14-16-46(64)85-61-54(76)52(74)53(75)55(87-61)56-60(79)86-56/h10-11,13,15,29-30,40-42,44,46,52-56,60-61,74-76,79H,8-9,12,14,16-28,31-32H2,1-7H3,(H,65,70)(H,77,78)/t40-,41-,42+,44?,46+,52-,53?,54+,55-,56?,60+,61?,64+/m1/s1. The Labute approximate surface area is 525 Å². The molecular weight excluding hydrogens is 1190 g/mol. The van der Waals surface area contributed by atoms with Crippen molar-refractivity contribution in [1.29, 1.82) is 0 Å². The van der Waals surface area contributed by atoms with Crippen molar-refractivity contribution in [2.45, 2.75) is 160 Å². The number of likely N-dealkylation sites (N-methyl/N-ethyl adjacent to an activating group) is 1. The molecule has 23 nitrogen and oxygen atoms in total. The van der Waals surface area contributed by atoms with E-state index >= 15 is 0 Å². The Bertz CT molecular complexity index is 3280. The Morgan fingerprint density at radius 3 is 2.31 bits per heavy atom. The number of benzene rings is 2. The van der Waals surface area contributed by atoms with Crippen molar-refractivity contribution in [2.24, 2.45) is 27.7 Å². The van der Waals surface area contributed by atoms with Gasteiger partial charge in [-0.25, -0.2) is 14.6 Å². The zero-order valence-electron chi connectivity index (χ0n) is 51.5. The highest BCUT2D eigenvalue weighted by Gasteiger charge is 2.59. The van der Waals surface area contributed by atoms with Gasteiger partial charge in [0.05, 0.1) is 49.4 Å². The number of aryl methyl sites for hydroxylation is 1. The fourth-order valence-corrected chi connectivity index (χ4v) is 16.0. The molecule has 4 aliphatic carbocycles. The molecule has 1 aromatic heterocycles. The van der Waals surface area contributed by atoms with Gasteiger partial charge < -0.3 is 73.8 Å². The van der Waals surface area contributed by atoms with E-state index in [9.17, 15) is 54.3 Å². The van der Waals surface area contributed by atoms with Crippen LogP contribution in [-0.4, -0.2) is 208 Å². The number of aliphatic hydroxyl groups excluding tert-OH is 4. The molecule has 0 radical (unpaired) electrons. The minimum Gasteiger partial charge on any atom is -0.494 e. The summed E-state index contributed by atoms with van der Waals surface area (Å²) in [5, 5.41) is 55.2. The lowest BCUT2D eigenvalue weighted by atomic mass is 9.55. The summed E-state index contributed by atoms with van der Waals surface area (Å²) < 4.78 is 41.8. The number of epoxide rings is 1. The zero-order valence-corrected chi connectivity index (χ0v) is 53.1. The average Bonchev–Trinajstić information content (AvgIpc) is 1.91. The highest BCUT2D eigenvalue weighted by molar-refractivity contribution is 8.15. The molecule has 2 saturated carbocycles. The number of carboxylic acids is 1. The molecule has 89 heavy (non-hydrogen) atoms. The first kappa shape index (κ1) is 66.2. The lowest BCUT2D eigenvalue weighted by Crippen LogP contribution is -2.61. The first-order valence-corrected chi connectivity index (χ1v) is 32.6. The first-order valence-electron chi connectivity index (χ1n) is 30.8. The van der Waals surface area contributed by atoms with Crippen LogP contribution in [0, 0.1) is 22.7 Å².